The first-order chi connectivity index (χ1) is 9.67. The van der Waals surface area contributed by atoms with Gasteiger partial charge in [-0.2, -0.15) is 0 Å². The summed E-state index contributed by atoms with van der Waals surface area (Å²) in [7, 11) is -3.24. The van der Waals surface area contributed by atoms with Crippen LogP contribution in [0.2, 0.25) is 0 Å². The minimum Gasteiger partial charge on any atom is -0.443 e. The van der Waals surface area contributed by atoms with Gasteiger partial charge in [-0.1, -0.05) is 12.1 Å². The second kappa shape index (κ2) is 5.61. The van der Waals surface area contributed by atoms with E-state index in [4.69, 9.17) is 4.42 Å². The van der Waals surface area contributed by atoms with Gasteiger partial charge in [-0.05, 0) is 32.9 Å². The van der Waals surface area contributed by atoms with Crippen LogP contribution in [0.3, 0.4) is 0 Å². The molecule has 1 N–H and O–H groups in total. The van der Waals surface area contributed by atoms with Crippen LogP contribution in [0.15, 0.2) is 40.0 Å². The number of oxazole rings is 1. The highest BCUT2D eigenvalue weighted by molar-refractivity contribution is 7.90. The number of nitrogens with zero attached hydrogens (tertiary/aromatic N) is 1. The minimum atomic E-state index is -3.24. The highest BCUT2D eigenvalue weighted by Crippen LogP contribution is 2.25. The Morgan fingerprint density at radius 2 is 2.00 bits per heavy atom. The maximum absolute atomic E-state index is 11.6. The molecule has 0 aliphatic rings. The summed E-state index contributed by atoms with van der Waals surface area (Å²) in [5.74, 6) is 0.595. The fourth-order valence-electron chi connectivity index (χ4n) is 1.85. The van der Waals surface area contributed by atoms with E-state index >= 15 is 0 Å². The lowest BCUT2D eigenvalue weighted by atomic mass is 10.1. The van der Waals surface area contributed by atoms with Gasteiger partial charge in [-0.25, -0.2) is 13.4 Å². The molecule has 2 aromatic rings. The van der Waals surface area contributed by atoms with Gasteiger partial charge in [-0.15, -0.1) is 0 Å². The average Bonchev–Trinajstić information content (AvgIpc) is 2.83. The van der Waals surface area contributed by atoms with Crippen molar-refractivity contribution in [3.63, 3.8) is 0 Å². The molecule has 0 aliphatic carbocycles. The molecule has 0 amide bonds. The van der Waals surface area contributed by atoms with Crippen LogP contribution >= 0.6 is 0 Å². The summed E-state index contributed by atoms with van der Waals surface area (Å²) >= 11 is 0. The fourth-order valence-corrected chi connectivity index (χ4v) is 2.51. The third-order valence-corrected chi connectivity index (χ3v) is 4.06. The van der Waals surface area contributed by atoms with Crippen LogP contribution in [0.4, 0.5) is 0 Å². The molecular weight excluding hydrogens is 288 g/mol. The van der Waals surface area contributed by atoms with Crippen LogP contribution in [-0.2, 0) is 16.4 Å². The Kier molecular flexibility index (Phi) is 4.20. The number of rotatable bonds is 4. The summed E-state index contributed by atoms with van der Waals surface area (Å²) in [5.41, 5.74) is 1.43. The highest BCUT2D eigenvalue weighted by Gasteiger charge is 2.16. The quantitative estimate of drug-likeness (QED) is 0.940. The SMILES string of the molecule is CC(C)(C)NCc1ncoc1-c1cccc(S(C)(=O)=O)c1. The van der Waals surface area contributed by atoms with Crippen molar-refractivity contribution in [1.29, 1.82) is 0 Å². The first-order valence-corrected chi connectivity index (χ1v) is 8.54. The van der Waals surface area contributed by atoms with Crippen molar-refractivity contribution < 1.29 is 12.8 Å². The molecule has 0 aliphatic heterocycles. The Hall–Kier alpha value is -1.66. The third-order valence-electron chi connectivity index (χ3n) is 2.95. The van der Waals surface area contributed by atoms with E-state index in [0.29, 0.717) is 17.9 Å². The maximum atomic E-state index is 11.6. The summed E-state index contributed by atoms with van der Waals surface area (Å²) in [4.78, 5) is 4.48. The summed E-state index contributed by atoms with van der Waals surface area (Å²) in [6.45, 7) is 6.75. The van der Waals surface area contributed by atoms with Gasteiger partial charge in [0.1, 0.15) is 5.69 Å². The molecular formula is C15H20N2O3S. The van der Waals surface area contributed by atoms with E-state index < -0.39 is 9.84 Å². The number of aromatic nitrogens is 1. The zero-order valence-electron chi connectivity index (χ0n) is 12.7. The number of nitrogens with one attached hydrogen (secondary N) is 1. The van der Waals surface area contributed by atoms with Crippen LogP contribution in [0, 0.1) is 0 Å². The summed E-state index contributed by atoms with van der Waals surface area (Å²) in [6, 6.07) is 6.70. The zero-order chi connectivity index (χ0) is 15.7. The molecule has 0 saturated carbocycles. The van der Waals surface area contributed by atoms with Crippen LogP contribution in [0.5, 0.6) is 0 Å². The van der Waals surface area contributed by atoms with Gasteiger partial charge in [0.25, 0.3) is 0 Å². The molecule has 2 rings (SSSR count). The van der Waals surface area contributed by atoms with Gasteiger partial charge < -0.3 is 9.73 Å². The molecule has 0 radical (unpaired) electrons. The number of hydrogen-bond acceptors (Lipinski definition) is 5. The molecule has 0 fully saturated rings. The van der Waals surface area contributed by atoms with E-state index in [1.807, 2.05) is 6.07 Å². The first-order valence-electron chi connectivity index (χ1n) is 6.65. The average molecular weight is 308 g/mol. The minimum absolute atomic E-state index is 0.0369. The lowest BCUT2D eigenvalue weighted by Gasteiger charge is -2.19. The van der Waals surface area contributed by atoms with Gasteiger partial charge in [0.05, 0.1) is 4.90 Å². The van der Waals surface area contributed by atoms with Gasteiger partial charge in [0, 0.05) is 23.9 Å². The molecule has 1 aromatic carbocycles. The van der Waals surface area contributed by atoms with Crippen molar-refractivity contribution >= 4 is 9.84 Å². The number of sulfone groups is 1. The van der Waals surface area contributed by atoms with Crippen molar-refractivity contribution in [3.8, 4) is 11.3 Å². The van der Waals surface area contributed by atoms with Crippen molar-refractivity contribution in [2.75, 3.05) is 6.26 Å². The van der Waals surface area contributed by atoms with E-state index in [1.54, 1.807) is 18.2 Å². The van der Waals surface area contributed by atoms with E-state index in [1.165, 1.54) is 12.6 Å². The molecule has 1 heterocycles. The van der Waals surface area contributed by atoms with Gasteiger partial charge in [0.2, 0.25) is 0 Å². The Balaban J connectivity index is 2.34. The smallest absolute Gasteiger partial charge is 0.181 e. The summed E-state index contributed by atoms with van der Waals surface area (Å²) in [5, 5.41) is 3.34. The molecule has 114 valence electrons. The van der Waals surface area contributed by atoms with E-state index in [9.17, 15) is 8.42 Å². The van der Waals surface area contributed by atoms with Crippen LogP contribution in [-0.4, -0.2) is 25.2 Å². The van der Waals surface area contributed by atoms with Gasteiger partial charge in [0.15, 0.2) is 22.0 Å². The normalized spacial score (nSPS) is 12.6. The molecule has 0 bridgehead atoms. The number of benzene rings is 1. The summed E-state index contributed by atoms with van der Waals surface area (Å²) < 4.78 is 28.7. The molecule has 0 saturated heterocycles. The van der Waals surface area contributed by atoms with Crippen molar-refractivity contribution in [1.82, 2.24) is 10.3 Å². The van der Waals surface area contributed by atoms with Crippen molar-refractivity contribution in [2.24, 2.45) is 0 Å². The van der Waals surface area contributed by atoms with Crippen LogP contribution < -0.4 is 5.32 Å². The predicted octanol–water partition coefficient (Wildman–Crippen LogP) is 2.63. The second-order valence-corrected chi connectivity index (χ2v) is 8.05. The largest absolute Gasteiger partial charge is 0.443 e. The Labute approximate surface area is 125 Å². The Bertz CT molecular complexity index is 727. The zero-order valence-corrected chi connectivity index (χ0v) is 13.5. The monoisotopic (exact) mass is 308 g/mol. The molecule has 0 spiro atoms. The Morgan fingerprint density at radius 3 is 2.62 bits per heavy atom. The van der Waals surface area contributed by atoms with Crippen LogP contribution in [0.25, 0.3) is 11.3 Å². The topological polar surface area (TPSA) is 72.2 Å². The van der Waals surface area contributed by atoms with Gasteiger partial charge >= 0.3 is 0 Å². The second-order valence-electron chi connectivity index (χ2n) is 6.03. The third kappa shape index (κ3) is 4.15. The molecule has 6 heteroatoms. The Morgan fingerprint density at radius 1 is 1.29 bits per heavy atom. The lowest BCUT2D eigenvalue weighted by Crippen LogP contribution is -2.35. The van der Waals surface area contributed by atoms with E-state index in [-0.39, 0.29) is 10.4 Å². The lowest BCUT2D eigenvalue weighted by molar-refractivity contribution is 0.421. The number of hydrogen-bond donors (Lipinski definition) is 1. The molecule has 1 aromatic heterocycles. The van der Waals surface area contributed by atoms with Crippen molar-refractivity contribution in [2.45, 2.75) is 37.8 Å². The molecule has 5 nitrogen and oxygen atoms in total. The standard InChI is InChI=1S/C15H20N2O3S/c1-15(2,3)17-9-13-14(20-10-16-13)11-6-5-7-12(8-11)21(4,18)19/h5-8,10,17H,9H2,1-4H3. The fraction of sp³-hybridized carbons (Fsp3) is 0.400. The van der Waals surface area contributed by atoms with Crippen molar-refractivity contribution in [3.05, 3.63) is 36.4 Å². The maximum Gasteiger partial charge on any atom is 0.181 e. The van der Waals surface area contributed by atoms with Gasteiger partial charge in [-0.3, -0.25) is 0 Å². The molecule has 0 atom stereocenters. The van der Waals surface area contributed by atoms with E-state index in [0.717, 1.165) is 5.69 Å². The van der Waals surface area contributed by atoms with E-state index in [2.05, 4.69) is 31.1 Å². The first kappa shape index (κ1) is 15.7. The molecule has 0 unspecified atom stereocenters. The highest BCUT2D eigenvalue weighted by atomic mass is 32.2. The molecule has 21 heavy (non-hydrogen) atoms. The predicted molar refractivity (Wildman–Crippen MR) is 81.6 cm³/mol. The van der Waals surface area contributed by atoms with Crippen LogP contribution in [0.1, 0.15) is 26.5 Å². The summed E-state index contributed by atoms with van der Waals surface area (Å²) in [6.07, 6.45) is 2.57.